The molecule has 3 rings (SSSR count). The van der Waals surface area contributed by atoms with Gasteiger partial charge in [0.1, 0.15) is 5.75 Å². The fraction of sp³-hybridized carbons (Fsp3) is 0.720. The largest absolute Gasteiger partial charge is 0.494 e. The van der Waals surface area contributed by atoms with Crippen molar-refractivity contribution in [3.63, 3.8) is 0 Å². The fourth-order valence-electron chi connectivity index (χ4n) is 4.72. The van der Waals surface area contributed by atoms with E-state index in [-0.39, 0.29) is 6.04 Å². The van der Waals surface area contributed by atoms with Gasteiger partial charge in [-0.15, -0.1) is 0 Å². The molecule has 1 aromatic carbocycles. The Morgan fingerprint density at radius 3 is 2.61 bits per heavy atom. The summed E-state index contributed by atoms with van der Waals surface area (Å²) in [7, 11) is 0. The number of benzene rings is 1. The molecule has 2 fully saturated rings. The summed E-state index contributed by atoms with van der Waals surface area (Å²) in [6.07, 6.45) is 8.86. The minimum absolute atomic E-state index is 0.165. The monoisotopic (exact) mass is 447 g/mol. The standard InChI is InChI=1S/C25H41N3O2S/c1-3-30-24-14-9-8-13-23(24)21(2)28(16-10-15-27-17-19-29-20-18-27)25(31)26-22-11-6-4-5-7-12-22/h8-9,13-14,21-22H,3-7,10-12,15-20H2,1-2H3,(H,26,31). The molecule has 1 atom stereocenters. The van der Waals surface area contributed by atoms with Crippen molar-refractivity contribution < 1.29 is 9.47 Å². The van der Waals surface area contributed by atoms with Crippen molar-refractivity contribution in [3.05, 3.63) is 29.8 Å². The maximum absolute atomic E-state index is 5.99. The van der Waals surface area contributed by atoms with Gasteiger partial charge in [-0.25, -0.2) is 0 Å². The molecular weight excluding hydrogens is 406 g/mol. The number of morpholine rings is 1. The zero-order chi connectivity index (χ0) is 21.9. The summed E-state index contributed by atoms with van der Waals surface area (Å²) in [4.78, 5) is 4.89. The maximum Gasteiger partial charge on any atom is 0.169 e. The van der Waals surface area contributed by atoms with Crippen molar-refractivity contribution in [2.75, 3.05) is 46.0 Å². The van der Waals surface area contributed by atoms with E-state index in [2.05, 4.69) is 40.2 Å². The minimum atomic E-state index is 0.165. The maximum atomic E-state index is 5.99. The first-order chi connectivity index (χ1) is 15.2. The van der Waals surface area contributed by atoms with E-state index in [0.717, 1.165) is 56.7 Å². The Hall–Kier alpha value is -1.37. The van der Waals surface area contributed by atoms with Gasteiger partial charge in [0.15, 0.2) is 5.11 Å². The number of ether oxygens (including phenoxy) is 2. The topological polar surface area (TPSA) is 37.0 Å². The van der Waals surface area contributed by atoms with Gasteiger partial charge in [-0.3, -0.25) is 4.90 Å². The molecule has 6 heteroatoms. The quantitative estimate of drug-likeness (QED) is 0.434. The van der Waals surface area contributed by atoms with Crippen molar-refractivity contribution in [3.8, 4) is 5.75 Å². The molecule has 1 heterocycles. The average Bonchev–Trinajstić information content (AvgIpc) is 3.06. The fourth-order valence-corrected chi connectivity index (χ4v) is 5.14. The molecule has 0 radical (unpaired) electrons. The number of rotatable bonds is 9. The molecule has 1 unspecified atom stereocenters. The van der Waals surface area contributed by atoms with E-state index in [4.69, 9.17) is 21.7 Å². The molecule has 1 saturated heterocycles. The first-order valence-electron chi connectivity index (χ1n) is 12.3. The molecule has 1 aliphatic carbocycles. The second-order valence-electron chi connectivity index (χ2n) is 8.79. The highest BCUT2D eigenvalue weighted by Crippen LogP contribution is 2.30. The van der Waals surface area contributed by atoms with Crippen molar-refractivity contribution in [1.29, 1.82) is 0 Å². The highest BCUT2D eigenvalue weighted by atomic mass is 32.1. The van der Waals surface area contributed by atoms with Crippen molar-refractivity contribution in [1.82, 2.24) is 15.1 Å². The number of nitrogens with one attached hydrogen (secondary N) is 1. The molecule has 1 aromatic rings. The van der Waals surface area contributed by atoms with Gasteiger partial charge in [0, 0.05) is 37.8 Å². The van der Waals surface area contributed by atoms with E-state index in [1.807, 2.05) is 13.0 Å². The molecular formula is C25H41N3O2S. The van der Waals surface area contributed by atoms with E-state index < -0.39 is 0 Å². The molecule has 31 heavy (non-hydrogen) atoms. The van der Waals surface area contributed by atoms with Gasteiger partial charge in [-0.1, -0.05) is 43.9 Å². The molecule has 0 aromatic heterocycles. The van der Waals surface area contributed by atoms with Crippen LogP contribution in [0.1, 0.15) is 70.4 Å². The first kappa shape index (κ1) is 24.3. The summed E-state index contributed by atoms with van der Waals surface area (Å²) >= 11 is 5.99. The lowest BCUT2D eigenvalue weighted by atomic mass is 10.1. The molecule has 2 aliphatic rings. The van der Waals surface area contributed by atoms with E-state index in [1.165, 1.54) is 44.1 Å². The second-order valence-corrected chi connectivity index (χ2v) is 9.17. The smallest absolute Gasteiger partial charge is 0.169 e. The predicted octanol–water partition coefficient (Wildman–Crippen LogP) is 4.77. The predicted molar refractivity (Wildman–Crippen MR) is 132 cm³/mol. The van der Waals surface area contributed by atoms with Crippen LogP contribution in [0.15, 0.2) is 24.3 Å². The third-order valence-electron chi connectivity index (χ3n) is 6.56. The van der Waals surface area contributed by atoms with Gasteiger partial charge in [-0.2, -0.15) is 0 Å². The summed E-state index contributed by atoms with van der Waals surface area (Å²) in [6.45, 7) is 10.8. The summed E-state index contributed by atoms with van der Waals surface area (Å²) in [5, 5.41) is 4.63. The number of thiocarbonyl (C=S) groups is 1. The molecule has 0 bridgehead atoms. The van der Waals surface area contributed by atoms with E-state index in [1.54, 1.807) is 0 Å². The van der Waals surface area contributed by atoms with Crippen LogP contribution in [0.5, 0.6) is 5.75 Å². The Bertz CT molecular complexity index is 658. The van der Waals surface area contributed by atoms with Crippen molar-refractivity contribution >= 4 is 17.3 Å². The molecule has 1 saturated carbocycles. The molecule has 1 N–H and O–H groups in total. The van der Waals surface area contributed by atoms with E-state index in [9.17, 15) is 0 Å². The Kier molecular flexibility index (Phi) is 10.4. The first-order valence-corrected chi connectivity index (χ1v) is 12.7. The molecule has 5 nitrogen and oxygen atoms in total. The lowest BCUT2D eigenvalue weighted by Crippen LogP contribution is -2.46. The van der Waals surface area contributed by atoms with Gasteiger partial charge < -0.3 is 19.7 Å². The van der Waals surface area contributed by atoms with Gasteiger partial charge in [0.25, 0.3) is 0 Å². The van der Waals surface area contributed by atoms with Crippen molar-refractivity contribution in [2.45, 2.75) is 70.9 Å². The number of nitrogens with zero attached hydrogens (tertiary/aromatic N) is 2. The van der Waals surface area contributed by atoms with Crippen LogP contribution >= 0.6 is 12.2 Å². The van der Waals surface area contributed by atoms with E-state index in [0.29, 0.717) is 12.6 Å². The number of para-hydroxylation sites is 1. The highest BCUT2D eigenvalue weighted by molar-refractivity contribution is 7.80. The van der Waals surface area contributed by atoms with Crippen LogP contribution in [0.2, 0.25) is 0 Å². The summed E-state index contributed by atoms with van der Waals surface area (Å²) in [5.74, 6) is 0.966. The van der Waals surface area contributed by atoms with E-state index >= 15 is 0 Å². The third kappa shape index (κ3) is 7.62. The van der Waals surface area contributed by atoms with Gasteiger partial charge >= 0.3 is 0 Å². The summed E-state index contributed by atoms with van der Waals surface area (Å²) < 4.78 is 11.4. The second kappa shape index (κ2) is 13.2. The van der Waals surface area contributed by atoms with Crippen LogP contribution in [0.4, 0.5) is 0 Å². The van der Waals surface area contributed by atoms with Gasteiger partial charge in [0.05, 0.1) is 25.9 Å². The summed E-state index contributed by atoms with van der Waals surface area (Å²) in [5.41, 5.74) is 1.21. The molecule has 0 spiro atoms. The van der Waals surface area contributed by atoms with Crippen LogP contribution in [0.25, 0.3) is 0 Å². The lowest BCUT2D eigenvalue weighted by Gasteiger charge is -2.35. The van der Waals surface area contributed by atoms with Crippen molar-refractivity contribution in [2.24, 2.45) is 0 Å². The Labute approximate surface area is 194 Å². The Morgan fingerprint density at radius 1 is 1.19 bits per heavy atom. The Morgan fingerprint density at radius 2 is 1.90 bits per heavy atom. The zero-order valence-corrected chi connectivity index (χ0v) is 20.3. The normalized spacial score (nSPS) is 19.4. The highest BCUT2D eigenvalue weighted by Gasteiger charge is 2.24. The SMILES string of the molecule is CCOc1ccccc1C(C)N(CCCN1CCOCC1)C(=S)NC1CCCCCC1. The minimum Gasteiger partial charge on any atom is -0.494 e. The Balaban J connectivity index is 1.68. The molecule has 174 valence electrons. The van der Waals surface area contributed by atoms with Gasteiger partial charge in [-0.05, 0) is 51.4 Å². The van der Waals surface area contributed by atoms with Crippen LogP contribution in [0.3, 0.4) is 0 Å². The number of hydrogen-bond donors (Lipinski definition) is 1. The van der Waals surface area contributed by atoms with Crippen LogP contribution < -0.4 is 10.1 Å². The summed E-state index contributed by atoms with van der Waals surface area (Å²) in [6, 6.07) is 9.07. The molecule has 0 amide bonds. The zero-order valence-electron chi connectivity index (χ0n) is 19.5. The van der Waals surface area contributed by atoms with Gasteiger partial charge in [0.2, 0.25) is 0 Å². The molecule has 1 aliphatic heterocycles. The number of hydrogen-bond acceptors (Lipinski definition) is 4. The lowest BCUT2D eigenvalue weighted by molar-refractivity contribution is 0.0365. The van der Waals surface area contributed by atoms with Crippen LogP contribution in [0, 0.1) is 0 Å². The van der Waals surface area contributed by atoms with Crippen LogP contribution in [-0.4, -0.2) is 67.0 Å². The van der Waals surface area contributed by atoms with Crippen LogP contribution in [-0.2, 0) is 4.74 Å². The average molecular weight is 448 g/mol. The third-order valence-corrected chi connectivity index (χ3v) is 6.91.